The molecule has 4 rings (SSSR count). The zero-order chi connectivity index (χ0) is 21.3. The van der Waals surface area contributed by atoms with E-state index in [1.54, 1.807) is 24.0 Å². The summed E-state index contributed by atoms with van der Waals surface area (Å²) in [7, 11) is 0. The van der Waals surface area contributed by atoms with Gasteiger partial charge in [0.1, 0.15) is 17.7 Å². The maximum Gasteiger partial charge on any atom is 0.287 e. The van der Waals surface area contributed by atoms with Gasteiger partial charge in [-0.25, -0.2) is 0 Å². The van der Waals surface area contributed by atoms with Crippen molar-refractivity contribution in [1.29, 1.82) is 0 Å². The van der Waals surface area contributed by atoms with Crippen molar-refractivity contribution in [2.24, 2.45) is 0 Å². The number of furan rings is 1. The van der Waals surface area contributed by atoms with Crippen LogP contribution in [-0.4, -0.2) is 68.5 Å². The van der Waals surface area contributed by atoms with Crippen molar-refractivity contribution in [3.8, 4) is 0 Å². The van der Waals surface area contributed by atoms with Gasteiger partial charge in [-0.2, -0.15) is 4.98 Å². The van der Waals surface area contributed by atoms with E-state index < -0.39 is 11.9 Å². The van der Waals surface area contributed by atoms with Crippen molar-refractivity contribution < 1.29 is 14.0 Å². The Labute approximate surface area is 173 Å². The van der Waals surface area contributed by atoms with Gasteiger partial charge in [-0.15, -0.1) is 10.2 Å². The molecular formula is C20H25N7O3. The SMILES string of the molecule is CCc1nnc2nc(N3CCN(C(=O)[C@H](C)NC(=O)c4ccco4)CC3)cc(C)n12. The van der Waals surface area contributed by atoms with Crippen LogP contribution in [0.15, 0.2) is 28.9 Å². The number of rotatable bonds is 5. The van der Waals surface area contributed by atoms with Crippen LogP contribution in [0.2, 0.25) is 0 Å². The average molecular weight is 411 g/mol. The van der Waals surface area contributed by atoms with Crippen molar-refractivity contribution in [3.63, 3.8) is 0 Å². The van der Waals surface area contributed by atoms with E-state index in [1.165, 1.54) is 6.26 Å². The van der Waals surface area contributed by atoms with E-state index in [-0.39, 0.29) is 11.7 Å². The van der Waals surface area contributed by atoms with Gasteiger partial charge in [0.15, 0.2) is 5.76 Å². The van der Waals surface area contributed by atoms with Gasteiger partial charge < -0.3 is 19.5 Å². The number of carbonyl (C=O) groups is 2. The second kappa shape index (κ2) is 8.13. The molecule has 30 heavy (non-hydrogen) atoms. The Morgan fingerprint density at radius 2 is 2.00 bits per heavy atom. The van der Waals surface area contributed by atoms with Crippen LogP contribution in [0, 0.1) is 6.92 Å². The third-order valence-electron chi connectivity index (χ3n) is 5.31. The van der Waals surface area contributed by atoms with Crippen LogP contribution in [0.3, 0.4) is 0 Å². The predicted octanol–water partition coefficient (Wildman–Crippen LogP) is 1.06. The summed E-state index contributed by atoms with van der Waals surface area (Å²) >= 11 is 0. The fourth-order valence-corrected chi connectivity index (χ4v) is 3.68. The maximum absolute atomic E-state index is 12.7. The number of amides is 2. The Hall–Kier alpha value is -3.43. The fourth-order valence-electron chi connectivity index (χ4n) is 3.68. The lowest BCUT2D eigenvalue weighted by atomic mass is 10.2. The minimum atomic E-state index is -0.630. The van der Waals surface area contributed by atoms with Crippen LogP contribution in [0.25, 0.3) is 5.78 Å². The highest BCUT2D eigenvalue weighted by atomic mass is 16.3. The topological polar surface area (TPSA) is 109 Å². The summed E-state index contributed by atoms with van der Waals surface area (Å²) in [5, 5.41) is 11.1. The van der Waals surface area contributed by atoms with Gasteiger partial charge in [-0.3, -0.25) is 14.0 Å². The summed E-state index contributed by atoms with van der Waals surface area (Å²) in [5.74, 6) is 2.00. The van der Waals surface area contributed by atoms with Crippen LogP contribution in [-0.2, 0) is 11.2 Å². The van der Waals surface area contributed by atoms with E-state index in [0.717, 1.165) is 23.8 Å². The van der Waals surface area contributed by atoms with Crippen LogP contribution in [0.1, 0.15) is 35.9 Å². The first kappa shape index (κ1) is 19.9. The van der Waals surface area contributed by atoms with Gasteiger partial charge >= 0.3 is 0 Å². The van der Waals surface area contributed by atoms with Gasteiger partial charge in [0.25, 0.3) is 11.7 Å². The van der Waals surface area contributed by atoms with Gasteiger partial charge in [-0.1, -0.05) is 6.92 Å². The molecule has 158 valence electrons. The highest BCUT2D eigenvalue weighted by Gasteiger charge is 2.27. The lowest BCUT2D eigenvalue weighted by Crippen LogP contribution is -2.54. The number of nitrogens with one attached hydrogen (secondary N) is 1. The molecule has 1 fully saturated rings. The number of piperazine rings is 1. The van der Waals surface area contributed by atoms with Crippen molar-refractivity contribution >= 4 is 23.4 Å². The highest BCUT2D eigenvalue weighted by Crippen LogP contribution is 2.18. The molecule has 2 amide bonds. The smallest absolute Gasteiger partial charge is 0.287 e. The lowest BCUT2D eigenvalue weighted by molar-refractivity contribution is -0.133. The van der Waals surface area contributed by atoms with Gasteiger partial charge in [-0.05, 0) is 26.0 Å². The predicted molar refractivity (Wildman–Crippen MR) is 109 cm³/mol. The zero-order valence-electron chi connectivity index (χ0n) is 17.3. The molecule has 4 heterocycles. The molecule has 10 nitrogen and oxygen atoms in total. The number of carbonyl (C=O) groups excluding carboxylic acids is 2. The highest BCUT2D eigenvalue weighted by molar-refractivity contribution is 5.95. The van der Waals surface area contributed by atoms with Crippen molar-refractivity contribution in [1.82, 2.24) is 29.8 Å². The molecule has 3 aromatic rings. The van der Waals surface area contributed by atoms with E-state index in [0.29, 0.717) is 32.0 Å². The Morgan fingerprint density at radius 3 is 2.67 bits per heavy atom. The van der Waals surface area contributed by atoms with Gasteiger partial charge in [0.05, 0.1) is 6.26 Å². The van der Waals surface area contributed by atoms with E-state index in [2.05, 4.69) is 25.4 Å². The molecule has 0 unspecified atom stereocenters. The number of hydrogen-bond donors (Lipinski definition) is 1. The molecular weight excluding hydrogens is 386 g/mol. The molecule has 1 atom stereocenters. The van der Waals surface area contributed by atoms with Crippen LogP contribution >= 0.6 is 0 Å². The number of fused-ring (bicyclic) bond motifs is 1. The summed E-state index contributed by atoms with van der Waals surface area (Å²) in [5.41, 5.74) is 1.03. The molecule has 1 aliphatic rings. The third kappa shape index (κ3) is 3.72. The van der Waals surface area contributed by atoms with Gasteiger partial charge in [0.2, 0.25) is 5.91 Å². The molecule has 0 spiro atoms. The second-order valence-electron chi connectivity index (χ2n) is 7.35. The van der Waals surface area contributed by atoms with E-state index in [9.17, 15) is 9.59 Å². The van der Waals surface area contributed by atoms with Gasteiger partial charge in [0, 0.05) is 44.4 Å². The summed E-state index contributed by atoms with van der Waals surface area (Å²) in [6, 6.07) is 4.60. The molecule has 0 aliphatic carbocycles. The summed E-state index contributed by atoms with van der Waals surface area (Å²) in [6.45, 7) is 8.16. The monoisotopic (exact) mass is 411 g/mol. The molecule has 0 saturated carbocycles. The lowest BCUT2D eigenvalue weighted by Gasteiger charge is -2.36. The van der Waals surface area contributed by atoms with E-state index in [4.69, 9.17) is 4.42 Å². The normalized spacial score (nSPS) is 15.4. The second-order valence-corrected chi connectivity index (χ2v) is 7.35. The first-order chi connectivity index (χ1) is 14.5. The van der Waals surface area contributed by atoms with Crippen LogP contribution < -0.4 is 10.2 Å². The zero-order valence-corrected chi connectivity index (χ0v) is 17.3. The number of aryl methyl sites for hydroxylation is 2. The number of aromatic nitrogens is 4. The Balaban J connectivity index is 1.38. The molecule has 3 aromatic heterocycles. The van der Waals surface area contributed by atoms with Crippen molar-refractivity contribution in [3.05, 3.63) is 41.7 Å². The molecule has 1 N–H and O–H groups in total. The fraction of sp³-hybridized carbons (Fsp3) is 0.450. The first-order valence-electron chi connectivity index (χ1n) is 10.1. The summed E-state index contributed by atoms with van der Waals surface area (Å²) < 4.78 is 7.04. The van der Waals surface area contributed by atoms with Crippen molar-refractivity contribution in [2.75, 3.05) is 31.1 Å². The standard InChI is InChI=1S/C20H25N7O3/c1-4-16-23-24-20-22-17(12-13(2)27(16)20)25-7-9-26(10-8-25)19(29)14(3)21-18(28)15-6-5-11-30-15/h5-6,11-12,14H,4,7-10H2,1-3H3,(H,21,28)/t14-/m0/s1. The summed E-state index contributed by atoms with van der Waals surface area (Å²) in [4.78, 5) is 33.4. The van der Waals surface area contributed by atoms with E-state index in [1.807, 2.05) is 24.3 Å². The van der Waals surface area contributed by atoms with Crippen molar-refractivity contribution in [2.45, 2.75) is 33.2 Å². The first-order valence-corrected chi connectivity index (χ1v) is 10.1. The molecule has 1 aliphatic heterocycles. The maximum atomic E-state index is 12.7. The minimum absolute atomic E-state index is 0.112. The third-order valence-corrected chi connectivity index (χ3v) is 5.31. The summed E-state index contributed by atoms with van der Waals surface area (Å²) in [6.07, 6.45) is 2.22. The molecule has 0 aromatic carbocycles. The quantitative estimate of drug-likeness (QED) is 0.668. The molecule has 0 bridgehead atoms. The average Bonchev–Trinajstić information content (AvgIpc) is 3.43. The van der Waals surface area contributed by atoms with Crippen LogP contribution in [0.5, 0.6) is 0 Å². The van der Waals surface area contributed by atoms with E-state index >= 15 is 0 Å². The molecule has 1 saturated heterocycles. The Kier molecular flexibility index (Phi) is 5.39. The molecule has 0 radical (unpaired) electrons. The number of anilines is 1. The number of nitrogens with zero attached hydrogens (tertiary/aromatic N) is 6. The van der Waals surface area contributed by atoms with Crippen LogP contribution in [0.4, 0.5) is 5.82 Å². The molecule has 10 heteroatoms. The largest absolute Gasteiger partial charge is 0.459 e. The Bertz CT molecular complexity index is 1050. The number of hydrogen-bond acceptors (Lipinski definition) is 7. The minimum Gasteiger partial charge on any atom is -0.459 e. The Morgan fingerprint density at radius 1 is 1.23 bits per heavy atom.